The molecule has 1 aliphatic carbocycles. The third kappa shape index (κ3) is 2.60. The molecular formula is C19H21N3O2. The Bertz CT molecular complexity index is 766. The molecule has 2 N–H and O–H groups in total. The summed E-state index contributed by atoms with van der Waals surface area (Å²) in [5, 5.41) is 6.00. The molecular weight excluding hydrogens is 302 g/mol. The van der Waals surface area contributed by atoms with E-state index >= 15 is 0 Å². The Labute approximate surface area is 141 Å². The van der Waals surface area contributed by atoms with Gasteiger partial charge in [-0.05, 0) is 24.5 Å². The van der Waals surface area contributed by atoms with Crippen molar-refractivity contribution in [1.29, 1.82) is 0 Å². The molecule has 24 heavy (non-hydrogen) atoms. The van der Waals surface area contributed by atoms with Gasteiger partial charge in [0.25, 0.3) is 11.8 Å². The van der Waals surface area contributed by atoms with E-state index in [1.165, 1.54) is 6.42 Å². The van der Waals surface area contributed by atoms with Crippen LogP contribution in [0.15, 0.2) is 42.6 Å². The summed E-state index contributed by atoms with van der Waals surface area (Å²) >= 11 is 0. The van der Waals surface area contributed by atoms with Crippen molar-refractivity contribution in [3.8, 4) is 0 Å². The maximum absolute atomic E-state index is 12.6. The third-order valence-electron chi connectivity index (χ3n) is 5.07. The number of benzene rings is 1. The zero-order valence-corrected chi connectivity index (χ0v) is 13.5. The molecule has 2 aromatic rings. The first-order valence-electron chi connectivity index (χ1n) is 8.58. The highest BCUT2D eigenvalue weighted by atomic mass is 16.2. The zero-order chi connectivity index (χ0) is 16.5. The van der Waals surface area contributed by atoms with Crippen LogP contribution in [0.2, 0.25) is 0 Å². The van der Waals surface area contributed by atoms with E-state index in [1.807, 2.05) is 41.1 Å². The van der Waals surface area contributed by atoms with Crippen molar-refractivity contribution in [2.45, 2.75) is 44.3 Å². The average molecular weight is 323 g/mol. The van der Waals surface area contributed by atoms with Crippen LogP contribution < -0.4 is 10.6 Å². The Kier molecular flexibility index (Phi) is 3.84. The molecule has 1 aliphatic heterocycles. The standard InChI is InChI=1S/C19H21N3O2/c23-18(20-12-13-6-2-1-3-7-13)14-10-11-22-16-9-5-4-8-15(16)21-19(24)17(14)22/h1-3,6-7,10-11,15-16H,4-5,8-9,12H2,(H,20,23)(H,21,24)/t15-,16-/m1/s1. The molecule has 0 spiro atoms. The lowest BCUT2D eigenvalue weighted by atomic mass is 9.88. The number of carbonyl (C=O) groups is 2. The number of nitrogens with zero attached hydrogens (tertiary/aromatic N) is 1. The van der Waals surface area contributed by atoms with Crippen LogP contribution in [-0.4, -0.2) is 22.4 Å². The molecule has 1 aromatic heterocycles. The first-order valence-corrected chi connectivity index (χ1v) is 8.58. The van der Waals surface area contributed by atoms with E-state index in [2.05, 4.69) is 10.6 Å². The number of rotatable bonds is 3. The third-order valence-corrected chi connectivity index (χ3v) is 5.07. The van der Waals surface area contributed by atoms with Crippen molar-refractivity contribution in [3.63, 3.8) is 0 Å². The topological polar surface area (TPSA) is 63.1 Å². The summed E-state index contributed by atoms with van der Waals surface area (Å²) in [7, 11) is 0. The van der Waals surface area contributed by atoms with Crippen molar-refractivity contribution < 1.29 is 9.59 Å². The van der Waals surface area contributed by atoms with Crippen LogP contribution in [0, 0.1) is 0 Å². The molecule has 0 bridgehead atoms. The number of amides is 2. The van der Waals surface area contributed by atoms with Gasteiger partial charge < -0.3 is 15.2 Å². The average Bonchev–Trinajstić information content (AvgIpc) is 3.07. The molecule has 2 heterocycles. The van der Waals surface area contributed by atoms with Gasteiger partial charge in [-0.15, -0.1) is 0 Å². The highest BCUT2D eigenvalue weighted by Gasteiger charge is 2.37. The SMILES string of the molecule is O=C(NCc1ccccc1)c1ccn2c1C(=O)N[C@@H]1CCCC[C@H]12. The van der Waals surface area contributed by atoms with E-state index in [0.717, 1.165) is 24.8 Å². The Morgan fingerprint density at radius 3 is 2.79 bits per heavy atom. The monoisotopic (exact) mass is 323 g/mol. The Morgan fingerprint density at radius 2 is 1.96 bits per heavy atom. The molecule has 0 radical (unpaired) electrons. The lowest BCUT2D eigenvalue weighted by molar-refractivity contribution is 0.0837. The van der Waals surface area contributed by atoms with E-state index in [-0.39, 0.29) is 23.9 Å². The number of nitrogens with one attached hydrogen (secondary N) is 2. The number of carbonyl (C=O) groups excluding carboxylic acids is 2. The van der Waals surface area contributed by atoms with Gasteiger partial charge in [-0.2, -0.15) is 0 Å². The Morgan fingerprint density at radius 1 is 1.17 bits per heavy atom. The van der Waals surface area contributed by atoms with Crippen LogP contribution in [0.5, 0.6) is 0 Å². The largest absolute Gasteiger partial charge is 0.348 e. The maximum Gasteiger partial charge on any atom is 0.269 e. The van der Waals surface area contributed by atoms with Crippen molar-refractivity contribution >= 4 is 11.8 Å². The lowest BCUT2D eigenvalue weighted by Gasteiger charge is -2.38. The fourth-order valence-corrected chi connectivity index (χ4v) is 3.87. The van der Waals surface area contributed by atoms with Gasteiger partial charge in [0.15, 0.2) is 0 Å². The second-order valence-electron chi connectivity index (χ2n) is 6.59. The highest BCUT2D eigenvalue weighted by molar-refractivity contribution is 6.07. The number of fused-ring (bicyclic) bond motifs is 3. The van der Waals surface area contributed by atoms with Gasteiger partial charge in [0, 0.05) is 18.8 Å². The fourth-order valence-electron chi connectivity index (χ4n) is 3.87. The summed E-state index contributed by atoms with van der Waals surface area (Å²) < 4.78 is 2.01. The first kappa shape index (κ1) is 15.0. The van der Waals surface area contributed by atoms with Gasteiger partial charge in [0.2, 0.25) is 0 Å². The predicted molar refractivity (Wildman–Crippen MR) is 90.8 cm³/mol. The van der Waals surface area contributed by atoms with Crippen molar-refractivity contribution in [2.75, 3.05) is 0 Å². The molecule has 1 aromatic carbocycles. The fraction of sp³-hybridized carbons (Fsp3) is 0.368. The molecule has 0 saturated heterocycles. The summed E-state index contributed by atoms with van der Waals surface area (Å²) in [4.78, 5) is 25.0. The lowest BCUT2D eigenvalue weighted by Crippen LogP contribution is -2.49. The second-order valence-corrected chi connectivity index (χ2v) is 6.59. The van der Waals surface area contributed by atoms with Gasteiger partial charge in [0.05, 0.1) is 11.6 Å². The smallest absolute Gasteiger partial charge is 0.269 e. The maximum atomic E-state index is 12.6. The van der Waals surface area contributed by atoms with E-state index in [0.29, 0.717) is 17.8 Å². The van der Waals surface area contributed by atoms with Gasteiger partial charge in [-0.3, -0.25) is 9.59 Å². The van der Waals surface area contributed by atoms with Crippen LogP contribution >= 0.6 is 0 Å². The highest BCUT2D eigenvalue weighted by Crippen LogP contribution is 2.34. The summed E-state index contributed by atoms with van der Waals surface area (Å²) in [5.41, 5.74) is 2.01. The van der Waals surface area contributed by atoms with E-state index in [1.54, 1.807) is 6.07 Å². The van der Waals surface area contributed by atoms with E-state index in [4.69, 9.17) is 0 Å². The number of hydrogen-bond donors (Lipinski definition) is 2. The minimum absolute atomic E-state index is 0.131. The van der Waals surface area contributed by atoms with Crippen LogP contribution in [0.4, 0.5) is 0 Å². The summed E-state index contributed by atoms with van der Waals surface area (Å²) in [6, 6.07) is 12.0. The summed E-state index contributed by atoms with van der Waals surface area (Å²) in [6.45, 7) is 0.456. The molecule has 0 unspecified atom stereocenters. The molecule has 2 aliphatic rings. The quantitative estimate of drug-likeness (QED) is 0.912. The van der Waals surface area contributed by atoms with Crippen molar-refractivity contribution in [3.05, 3.63) is 59.4 Å². The minimum Gasteiger partial charge on any atom is -0.348 e. The van der Waals surface area contributed by atoms with Crippen LogP contribution in [0.1, 0.15) is 58.1 Å². The second kappa shape index (κ2) is 6.15. The van der Waals surface area contributed by atoms with Gasteiger partial charge in [0.1, 0.15) is 5.69 Å². The van der Waals surface area contributed by atoms with Crippen LogP contribution in [-0.2, 0) is 6.54 Å². The minimum atomic E-state index is -0.197. The number of hydrogen-bond acceptors (Lipinski definition) is 2. The Balaban J connectivity index is 1.55. The normalized spacial score (nSPS) is 22.2. The van der Waals surface area contributed by atoms with Crippen LogP contribution in [0.3, 0.4) is 0 Å². The molecule has 1 fully saturated rings. The van der Waals surface area contributed by atoms with Gasteiger partial charge in [-0.1, -0.05) is 43.2 Å². The predicted octanol–water partition coefficient (Wildman–Crippen LogP) is 2.65. The van der Waals surface area contributed by atoms with Crippen molar-refractivity contribution in [2.24, 2.45) is 0 Å². The van der Waals surface area contributed by atoms with E-state index < -0.39 is 0 Å². The molecule has 5 heteroatoms. The molecule has 5 nitrogen and oxygen atoms in total. The summed E-state index contributed by atoms with van der Waals surface area (Å²) in [5.74, 6) is -0.329. The van der Waals surface area contributed by atoms with E-state index in [9.17, 15) is 9.59 Å². The molecule has 4 rings (SSSR count). The molecule has 124 valence electrons. The molecule has 2 amide bonds. The first-order chi connectivity index (χ1) is 11.7. The van der Waals surface area contributed by atoms with Crippen molar-refractivity contribution in [1.82, 2.24) is 15.2 Å². The zero-order valence-electron chi connectivity index (χ0n) is 13.5. The molecule has 1 saturated carbocycles. The van der Waals surface area contributed by atoms with Gasteiger partial charge >= 0.3 is 0 Å². The Hall–Kier alpha value is -2.56. The molecule has 2 atom stereocenters. The van der Waals surface area contributed by atoms with Crippen LogP contribution in [0.25, 0.3) is 0 Å². The summed E-state index contributed by atoms with van der Waals surface area (Å²) in [6.07, 6.45) is 6.29. The van der Waals surface area contributed by atoms with Gasteiger partial charge in [-0.25, -0.2) is 0 Å². The number of aromatic nitrogens is 1.